The summed E-state index contributed by atoms with van der Waals surface area (Å²) in [6.45, 7) is 7.26. The minimum Gasteiger partial charge on any atom is -0.323 e. The minimum atomic E-state index is -0.169. The van der Waals surface area contributed by atoms with Gasteiger partial charge >= 0.3 is 0 Å². The lowest BCUT2D eigenvalue weighted by Crippen LogP contribution is -2.36. The lowest BCUT2D eigenvalue weighted by Gasteiger charge is -2.43. The van der Waals surface area contributed by atoms with Crippen molar-refractivity contribution in [3.8, 4) is 0 Å². The standard InChI is InChI=1S/C13H29N3P2/c1-10-6-7-11(2)17(10)15(4)16(5)18-12(3)8-9-13(18)14/h10-13H,6-9,14H2,1-5H3/t10-,11-,12-,13+,18?/m1/s1. The normalized spacial score (nSPS) is 42.3. The Morgan fingerprint density at radius 1 is 0.778 bits per heavy atom. The van der Waals surface area contributed by atoms with Gasteiger partial charge in [0.15, 0.2) is 0 Å². The Morgan fingerprint density at radius 2 is 1.17 bits per heavy atom. The van der Waals surface area contributed by atoms with Gasteiger partial charge in [0.2, 0.25) is 0 Å². The zero-order valence-electron chi connectivity index (χ0n) is 12.5. The Balaban J connectivity index is 2.06. The molecule has 2 rings (SSSR count). The fourth-order valence-corrected chi connectivity index (χ4v) is 10.0. The second-order valence-corrected chi connectivity index (χ2v) is 12.0. The second kappa shape index (κ2) is 6.02. The van der Waals surface area contributed by atoms with Gasteiger partial charge in [0.05, 0.1) is 0 Å². The number of hydrogen-bond acceptors (Lipinski definition) is 3. The van der Waals surface area contributed by atoms with Crippen molar-refractivity contribution in [3.63, 3.8) is 0 Å². The predicted molar refractivity (Wildman–Crippen MR) is 84.2 cm³/mol. The largest absolute Gasteiger partial charge is 0.323 e. The number of hydrazine groups is 1. The van der Waals surface area contributed by atoms with Crippen molar-refractivity contribution in [2.24, 2.45) is 5.73 Å². The second-order valence-electron chi connectivity index (χ2n) is 6.01. The Labute approximate surface area is 115 Å². The third-order valence-electron chi connectivity index (χ3n) is 4.66. The fourth-order valence-electron chi connectivity index (χ4n) is 3.55. The molecule has 0 spiro atoms. The van der Waals surface area contributed by atoms with Crippen LogP contribution in [0, 0.1) is 0 Å². The van der Waals surface area contributed by atoms with E-state index < -0.39 is 0 Å². The summed E-state index contributed by atoms with van der Waals surface area (Å²) >= 11 is 0. The maximum atomic E-state index is 6.34. The third kappa shape index (κ3) is 2.76. The van der Waals surface area contributed by atoms with Crippen LogP contribution in [-0.4, -0.2) is 46.4 Å². The van der Waals surface area contributed by atoms with E-state index in [0.29, 0.717) is 5.78 Å². The number of hydrogen-bond donors (Lipinski definition) is 1. The first-order chi connectivity index (χ1) is 8.43. The molecule has 2 heterocycles. The van der Waals surface area contributed by atoms with E-state index in [9.17, 15) is 0 Å². The van der Waals surface area contributed by atoms with E-state index in [2.05, 4.69) is 44.4 Å². The molecule has 2 N–H and O–H groups in total. The van der Waals surface area contributed by atoms with Crippen molar-refractivity contribution in [3.05, 3.63) is 0 Å². The highest BCUT2D eigenvalue weighted by molar-refractivity contribution is 7.60. The quantitative estimate of drug-likeness (QED) is 0.636. The van der Waals surface area contributed by atoms with E-state index in [-0.39, 0.29) is 16.1 Å². The van der Waals surface area contributed by atoms with Crippen molar-refractivity contribution in [2.45, 2.75) is 69.2 Å². The maximum Gasteiger partial charge on any atom is 0.0395 e. The van der Waals surface area contributed by atoms with Crippen LogP contribution in [0.4, 0.5) is 0 Å². The molecule has 1 unspecified atom stereocenters. The summed E-state index contributed by atoms with van der Waals surface area (Å²) < 4.78 is 5.13. The summed E-state index contributed by atoms with van der Waals surface area (Å²) in [4.78, 5) is 0. The molecule has 3 nitrogen and oxygen atoms in total. The fraction of sp³-hybridized carbons (Fsp3) is 1.00. The summed E-state index contributed by atoms with van der Waals surface area (Å²) in [5.74, 6) is 0.422. The predicted octanol–water partition coefficient (Wildman–Crippen LogP) is 3.60. The number of nitrogens with zero attached hydrogens (tertiary/aromatic N) is 2. The average molecular weight is 289 g/mol. The molecule has 0 aromatic heterocycles. The van der Waals surface area contributed by atoms with Crippen LogP contribution >= 0.6 is 16.1 Å². The van der Waals surface area contributed by atoms with E-state index >= 15 is 0 Å². The van der Waals surface area contributed by atoms with Gasteiger partial charge in [-0.15, -0.1) is 0 Å². The van der Waals surface area contributed by atoms with Gasteiger partial charge in [0.25, 0.3) is 0 Å². The van der Waals surface area contributed by atoms with Crippen LogP contribution in [0.1, 0.15) is 46.5 Å². The number of nitrogens with two attached hydrogens (primary N) is 1. The highest BCUT2D eigenvalue weighted by atomic mass is 31.1. The molecule has 5 heteroatoms. The molecule has 0 bridgehead atoms. The molecule has 0 amide bonds. The highest BCUT2D eigenvalue weighted by Gasteiger charge is 2.40. The van der Waals surface area contributed by atoms with E-state index in [1.807, 2.05) is 0 Å². The summed E-state index contributed by atoms with van der Waals surface area (Å²) in [5, 5.41) is 0. The first-order valence-electron chi connectivity index (χ1n) is 7.23. The van der Waals surface area contributed by atoms with Gasteiger partial charge < -0.3 is 5.73 Å². The Hall–Kier alpha value is 0.740. The van der Waals surface area contributed by atoms with Gasteiger partial charge in [-0.1, -0.05) is 20.8 Å². The van der Waals surface area contributed by atoms with Crippen LogP contribution in [-0.2, 0) is 0 Å². The molecule has 0 aromatic rings. The van der Waals surface area contributed by atoms with Crippen LogP contribution in [0.2, 0.25) is 0 Å². The molecular weight excluding hydrogens is 260 g/mol. The zero-order chi connectivity index (χ0) is 13.4. The van der Waals surface area contributed by atoms with Crippen LogP contribution < -0.4 is 5.73 Å². The van der Waals surface area contributed by atoms with Crippen LogP contribution in [0.5, 0.6) is 0 Å². The molecule has 2 saturated heterocycles. The lowest BCUT2D eigenvalue weighted by molar-refractivity contribution is 0.257. The third-order valence-corrected chi connectivity index (χ3v) is 11.1. The van der Waals surface area contributed by atoms with Crippen molar-refractivity contribution >= 4 is 16.1 Å². The molecule has 2 aliphatic heterocycles. The van der Waals surface area contributed by atoms with Crippen LogP contribution in [0.3, 0.4) is 0 Å². The van der Waals surface area contributed by atoms with Gasteiger partial charge in [0, 0.05) is 28.0 Å². The molecule has 106 valence electrons. The monoisotopic (exact) mass is 289 g/mol. The molecule has 0 radical (unpaired) electrons. The highest BCUT2D eigenvalue weighted by Crippen LogP contribution is 2.63. The van der Waals surface area contributed by atoms with Crippen molar-refractivity contribution in [1.29, 1.82) is 0 Å². The van der Waals surface area contributed by atoms with Gasteiger partial charge in [0.1, 0.15) is 0 Å². The first kappa shape index (κ1) is 15.1. The molecule has 2 fully saturated rings. The Bertz CT molecular complexity index is 241. The molecule has 2 aliphatic rings. The van der Waals surface area contributed by atoms with Crippen molar-refractivity contribution in [1.82, 2.24) is 9.56 Å². The molecular formula is C13H29N3P2. The Kier molecular flexibility index (Phi) is 5.06. The molecule has 18 heavy (non-hydrogen) atoms. The van der Waals surface area contributed by atoms with Crippen LogP contribution in [0.25, 0.3) is 0 Å². The molecule has 0 saturated carbocycles. The van der Waals surface area contributed by atoms with Crippen molar-refractivity contribution < 1.29 is 0 Å². The first-order valence-corrected chi connectivity index (χ1v) is 10.1. The van der Waals surface area contributed by atoms with Crippen LogP contribution in [0.15, 0.2) is 0 Å². The number of rotatable bonds is 3. The van der Waals surface area contributed by atoms with Crippen molar-refractivity contribution in [2.75, 3.05) is 14.1 Å². The van der Waals surface area contributed by atoms with Gasteiger partial charge in [-0.3, -0.25) is 0 Å². The molecule has 0 aromatic carbocycles. The molecule has 0 aliphatic carbocycles. The summed E-state index contributed by atoms with van der Waals surface area (Å²) in [6.07, 6.45) is 5.34. The average Bonchev–Trinajstić information content (AvgIpc) is 2.81. The lowest BCUT2D eigenvalue weighted by atomic mass is 10.2. The summed E-state index contributed by atoms with van der Waals surface area (Å²) in [6, 6.07) is 0. The van der Waals surface area contributed by atoms with E-state index in [1.165, 1.54) is 25.7 Å². The van der Waals surface area contributed by atoms with Gasteiger partial charge in [-0.25, -0.2) is 9.56 Å². The summed E-state index contributed by atoms with van der Waals surface area (Å²) in [7, 11) is 4.42. The maximum absolute atomic E-state index is 6.34. The SMILES string of the molecule is C[C@@H]1CC[C@@H](C)P1N(C)N(C)P1[C@H](C)CC[C@H]1N. The smallest absolute Gasteiger partial charge is 0.0395 e. The van der Waals surface area contributed by atoms with E-state index in [1.54, 1.807) is 0 Å². The Morgan fingerprint density at radius 3 is 1.61 bits per heavy atom. The minimum absolute atomic E-state index is 0.00248. The van der Waals surface area contributed by atoms with E-state index in [4.69, 9.17) is 5.73 Å². The molecule has 5 atom stereocenters. The zero-order valence-corrected chi connectivity index (χ0v) is 14.3. The van der Waals surface area contributed by atoms with Gasteiger partial charge in [-0.2, -0.15) is 0 Å². The summed E-state index contributed by atoms with van der Waals surface area (Å²) in [5.41, 5.74) is 8.90. The topological polar surface area (TPSA) is 32.5 Å². The van der Waals surface area contributed by atoms with E-state index in [0.717, 1.165) is 17.0 Å². The van der Waals surface area contributed by atoms with Gasteiger partial charge in [-0.05, 0) is 50.7 Å².